The van der Waals surface area contributed by atoms with E-state index in [9.17, 15) is 9.59 Å². The Kier molecular flexibility index (Phi) is 6.59. The predicted molar refractivity (Wildman–Crippen MR) is 92.5 cm³/mol. The highest BCUT2D eigenvalue weighted by molar-refractivity contribution is 6.33. The molecule has 1 aliphatic carbocycles. The molecule has 0 bridgehead atoms. The Hall–Kier alpha value is -1.88. The number of hydrogen-bond donors (Lipinski definition) is 2. The van der Waals surface area contributed by atoms with Crippen molar-refractivity contribution >= 4 is 34.8 Å². The van der Waals surface area contributed by atoms with Crippen molar-refractivity contribution in [1.29, 1.82) is 0 Å². The van der Waals surface area contributed by atoms with Crippen molar-refractivity contribution in [3.05, 3.63) is 29.3 Å². The molecule has 5 nitrogen and oxygen atoms in total. The molecular formula is C17H22ClN3O2. The van der Waals surface area contributed by atoms with Gasteiger partial charge in [-0.3, -0.25) is 9.59 Å². The third-order valence-electron chi connectivity index (χ3n) is 4.00. The number of halogens is 1. The SMILES string of the molecule is CC[C@H]1CCC/C1=N/NC(=O)CCC(=O)Nc1ccccc1Cl. The fourth-order valence-electron chi connectivity index (χ4n) is 2.68. The average Bonchev–Trinajstić information content (AvgIpc) is 3.00. The summed E-state index contributed by atoms with van der Waals surface area (Å²) < 4.78 is 0. The summed E-state index contributed by atoms with van der Waals surface area (Å²) in [5.74, 6) is 0.000543. The number of anilines is 1. The summed E-state index contributed by atoms with van der Waals surface area (Å²) in [4.78, 5) is 23.6. The Morgan fingerprint density at radius 3 is 2.74 bits per heavy atom. The van der Waals surface area contributed by atoms with E-state index in [4.69, 9.17) is 11.6 Å². The highest BCUT2D eigenvalue weighted by Crippen LogP contribution is 2.25. The van der Waals surface area contributed by atoms with Gasteiger partial charge in [0.1, 0.15) is 0 Å². The summed E-state index contributed by atoms with van der Waals surface area (Å²) in [5, 5.41) is 7.38. The quantitative estimate of drug-likeness (QED) is 0.777. The van der Waals surface area contributed by atoms with E-state index in [1.807, 2.05) is 0 Å². The molecule has 1 fully saturated rings. The number of para-hydroxylation sites is 1. The van der Waals surface area contributed by atoms with Crippen molar-refractivity contribution < 1.29 is 9.59 Å². The minimum absolute atomic E-state index is 0.0963. The molecule has 6 heteroatoms. The van der Waals surface area contributed by atoms with Crippen molar-refractivity contribution in [1.82, 2.24) is 5.43 Å². The first-order valence-electron chi connectivity index (χ1n) is 7.99. The number of nitrogens with zero attached hydrogens (tertiary/aromatic N) is 1. The van der Waals surface area contributed by atoms with Crippen molar-refractivity contribution in [3.8, 4) is 0 Å². The van der Waals surface area contributed by atoms with Gasteiger partial charge in [-0.05, 0) is 43.7 Å². The van der Waals surface area contributed by atoms with Crippen LogP contribution in [-0.4, -0.2) is 17.5 Å². The summed E-state index contributed by atoms with van der Waals surface area (Å²) in [7, 11) is 0. The zero-order valence-electron chi connectivity index (χ0n) is 13.3. The molecule has 124 valence electrons. The third-order valence-corrected chi connectivity index (χ3v) is 4.33. The summed E-state index contributed by atoms with van der Waals surface area (Å²) in [6, 6.07) is 7.00. The van der Waals surface area contributed by atoms with E-state index < -0.39 is 0 Å². The van der Waals surface area contributed by atoms with Crippen LogP contribution in [0.25, 0.3) is 0 Å². The fraction of sp³-hybridized carbons (Fsp3) is 0.471. The lowest BCUT2D eigenvalue weighted by Gasteiger charge is -2.08. The van der Waals surface area contributed by atoms with Gasteiger partial charge in [0, 0.05) is 18.6 Å². The van der Waals surface area contributed by atoms with Crippen LogP contribution in [-0.2, 0) is 9.59 Å². The summed E-state index contributed by atoms with van der Waals surface area (Å²) in [5.41, 5.74) is 4.19. The lowest BCUT2D eigenvalue weighted by Crippen LogP contribution is -2.22. The van der Waals surface area contributed by atoms with Gasteiger partial charge in [-0.15, -0.1) is 0 Å². The molecule has 1 saturated carbocycles. The highest BCUT2D eigenvalue weighted by atomic mass is 35.5. The van der Waals surface area contributed by atoms with E-state index in [1.54, 1.807) is 24.3 Å². The van der Waals surface area contributed by atoms with Crippen molar-refractivity contribution in [3.63, 3.8) is 0 Å². The second-order valence-corrected chi connectivity index (χ2v) is 6.07. The molecule has 0 spiro atoms. The first kappa shape index (κ1) is 17.5. The number of nitrogens with one attached hydrogen (secondary N) is 2. The summed E-state index contributed by atoms with van der Waals surface area (Å²) in [6.45, 7) is 2.13. The van der Waals surface area contributed by atoms with E-state index in [-0.39, 0.29) is 24.7 Å². The van der Waals surface area contributed by atoms with Gasteiger partial charge in [-0.2, -0.15) is 5.10 Å². The predicted octanol–water partition coefficient (Wildman–Crippen LogP) is 3.74. The second-order valence-electron chi connectivity index (χ2n) is 5.66. The molecule has 1 atom stereocenters. The summed E-state index contributed by atoms with van der Waals surface area (Å²) >= 11 is 5.97. The maximum Gasteiger partial charge on any atom is 0.240 e. The number of rotatable bonds is 6. The van der Waals surface area contributed by atoms with Crippen molar-refractivity contribution in [2.24, 2.45) is 11.0 Å². The first-order chi connectivity index (χ1) is 11.1. The molecule has 0 aromatic heterocycles. The van der Waals surface area contributed by atoms with Gasteiger partial charge in [-0.1, -0.05) is 30.7 Å². The largest absolute Gasteiger partial charge is 0.325 e. The number of amides is 2. The fourth-order valence-corrected chi connectivity index (χ4v) is 2.86. The minimum atomic E-state index is -0.242. The molecule has 0 saturated heterocycles. The Labute approximate surface area is 141 Å². The van der Waals surface area contributed by atoms with Crippen LogP contribution in [0.2, 0.25) is 5.02 Å². The average molecular weight is 336 g/mol. The lowest BCUT2D eigenvalue weighted by atomic mass is 10.0. The highest BCUT2D eigenvalue weighted by Gasteiger charge is 2.21. The van der Waals surface area contributed by atoms with Crippen molar-refractivity contribution in [2.75, 3.05) is 5.32 Å². The van der Waals surface area contributed by atoms with Gasteiger partial charge in [0.05, 0.1) is 10.7 Å². The molecule has 2 amide bonds. The molecule has 2 rings (SSSR count). The van der Waals surface area contributed by atoms with Crippen LogP contribution >= 0.6 is 11.6 Å². The van der Waals surface area contributed by atoms with Gasteiger partial charge in [0.15, 0.2) is 0 Å². The molecule has 1 aromatic carbocycles. The number of hydrazone groups is 1. The van der Waals surface area contributed by atoms with Crippen LogP contribution in [0.15, 0.2) is 29.4 Å². The maximum absolute atomic E-state index is 11.8. The van der Waals surface area contributed by atoms with Crippen LogP contribution in [0.4, 0.5) is 5.69 Å². The van der Waals surface area contributed by atoms with Gasteiger partial charge in [0.2, 0.25) is 11.8 Å². The minimum Gasteiger partial charge on any atom is -0.325 e. The molecule has 1 aromatic rings. The number of hydrogen-bond acceptors (Lipinski definition) is 3. The summed E-state index contributed by atoms with van der Waals surface area (Å²) in [6.07, 6.45) is 4.47. The number of benzene rings is 1. The Bertz CT molecular complexity index is 601. The molecule has 23 heavy (non-hydrogen) atoms. The normalized spacial score (nSPS) is 18.9. The Morgan fingerprint density at radius 1 is 1.26 bits per heavy atom. The van der Waals surface area contributed by atoms with Gasteiger partial charge in [-0.25, -0.2) is 5.43 Å². The molecule has 0 radical (unpaired) electrons. The van der Waals surface area contributed by atoms with E-state index in [0.717, 1.165) is 31.4 Å². The lowest BCUT2D eigenvalue weighted by molar-refractivity contribution is -0.124. The van der Waals surface area contributed by atoms with Gasteiger partial charge >= 0.3 is 0 Å². The zero-order chi connectivity index (χ0) is 16.7. The van der Waals surface area contributed by atoms with E-state index in [0.29, 0.717) is 16.6 Å². The van der Waals surface area contributed by atoms with Crippen LogP contribution in [0.3, 0.4) is 0 Å². The van der Waals surface area contributed by atoms with Crippen molar-refractivity contribution in [2.45, 2.75) is 45.4 Å². The number of carbonyl (C=O) groups is 2. The van der Waals surface area contributed by atoms with E-state index >= 15 is 0 Å². The smallest absolute Gasteiger partial charge is 0.240 e. The monoisotopic (exact) mass is 335 g/mol. The molecule has 0 aliphatic heterocycles. The van der Waals surface area contributed by atoms with Crippen LogP contribution in [0, 0.1) is 5.92 Å². The Morgan fingerprint density at radius 2 is 2.00 bits per heavy atom. The molecule has 1 aliphatic rings. The molecule has 0 heterocycles. The second kappa shape index (κ2) is 8.67. The number of carbonyl (C=O) groups excluding carboxylic acids is 2. The van der Waals surface area contributed by atoms with Crippen LogP contribution < -0.4 is 10.7 Å². The molecule has 2 N–H and O–H groups in total. The van der Waals surface area contributed by atoms with E-state index in [1.165, 1.54) is 0 Å². The third kappa shape index (κ3) is 5.36. The van der Waals surface area contributed by atoms with Gasteiger partial charge in [0.25, 0.3) is 0 Å². The standard InChI is InChI=1S/C17H22ClN3O2/c1-2-12-6-5-9-14(12)20-21-17(23)11-10-16(22)19-15-8-4-3-7-13(15)18/h3-4,7-8,12H,2,5-6,9-11H2,1H3,(H,19,22)(H,21,23)/b20-14-/t12-/m0/s1. The maximum atomic E-state index is 11.8. The molecular weight excluding hydrogens is 314 g/mol. The van der Waals surface area contributed by atoms with Crippen LogP contribution in [0.1, 0.15) is 45.4 Å². The van der Waals surface area contributed by atoms with E-state index in [2.05, 4.69) is 22.8 Å². The Balaban J connectivity index is 1.75. The zero-order valence-corrected chi connectivity index (χ0v) is 14.0. The first-order valence-corrected chi connectivity index (χ1v) is 8.37. The topological polar surface area (TPSA) is 70.6 Å². The van der Waals surface area contributed by atoms with Crippen LogP contribution in [0.5, 0.6) is 0 Å². The molecule has 0 unspecified atom stereocenters. The van der Waals surface area contributed by atoms with Gasteiger partial charge < -0.3 is 5.32 Å².